The molecule has 0 aliphatic carbocycles. The molecule has 0 spiro atoms. The summed E-state index contributed by atoms with van der Waals surface area (Å²) in [7, 11) is 0. The largest absolute Gasteiger partial charge is 0.463 e. The molecule has 0 aromatic carbocycles. The van der Waals surface area contributed by atoms with Crippen LogP contribution in [0.1, 0.15) is 27.7 Å². The summed E-state index contributed by atoms with van der Waals surface area (Å²) in [6.07, 6.45) is 1.69. The maximum atomic E-state index is 12.0. The number of ether oxygens (including phenoxy) is 2. The van der Waals surface area contributed by atoms with Gasteiger partial charge in [0.2, 0.25) is 0 Å². The van der Waals surface area contributed by atoms with Crippen LogP contribution in [0.25, 0.3) is 0 Å². The van der Waals surface area contributed by atoms with Crippen molar-refractivity contribution in [2.75, 3.05) is 13.2 Å². The van der Waals surface area contributed by atoms with E-state index in [9.17, 15) is 9.59 Å². The summed E-state index contributed by atoms with van der Waals surface area (Å²) in [6, 6.07) is 0. The molecule has 1 aliphatic rings. The minimum atomic E-state index is -1.63. The Hall–Kier alpha value is -1.65. The smallest absolute Gasteiger partial charge is 0.350 e. The second-order valence-corrected chi connectivity index (χ2v) is 3.73. The SMILES string of the molecule is CCOC(=O)C1(C(=O)OCC)N=C(C)C=C1C. The normalized spacial score (nSPS) is 17.2. The van der Waals surface area contributed by atoms with Crippen LogP contribution in [0.4, 0.5) is 0 Å². The molecule has 0 aromatic heterocycles. The third kappa shape index (κ3) is 2.23. The molecule has 0 fully saturated rings. The van der Waals surface area contributed by atoms with Crippen LogP contribution in [0.3, 0.4) is 0 Å². The van der Waals surface area contributed by atoms with Crippen LogP contribution < -0.4 is 0 Å². The summed E-state index contributed by atoms with van der Waals surface area (Å²) in [6.45, 7) is 7.16. The average Bonchev–Trinajstić information content (AvgIpc) is 2.55. The van der Waals surface area contributed by atoms with Crippen LogP contribution in [-0.4, -0.2) is 36.4 Å². The minimum Gasteiger partial charge on any atom is -0.463 e. The van der Waals surface area contributed by atoms with E-state index >= 15 is 0 Å². The molecule has 0 saturated carbocycles. The van der Waals surface area contributed by atoms with Crippen molar-refractivity contribution in [3.63, 3.8) is 0 Å². The van der Waals surface area contributed by atoms with Gasteiger partial charge in [-0.05, 0) is 39.3 Å². The number of nitrogens with zero attached hydrogens (tertiary/aromatic N) is 1. The summed E-state index contributed by atoms with van der Waals surface area (Å²) in [5.74, 6) is -1.35. The van der Waals surface area contributed by atoms with Crippen LogP contribution in [-0.2, 0) is 19.1 Å². The van der Waals surface area contributed by atoms with Gasteiger partial charge in [0.1, 0.15) is 0 Å². The molecule has 1 rings (SSSR count). The first-order valence-corrected chi connectivity index (χ1v) is 5.58. The van der Waals surface area contributed by atoms with Crippen molar-refractivity contribution in [2.45, 2.75) is 33.2 Å². The molecular formula is C12H17NO4. The van der Waals surface area contributed by atoms with E-state index in [1.807, 2.05) is 0 Å². The van der Waals surface area contributed by atoms with Crippen molar-refractivity contribution in [2.24, 2.45) is 4.99 Å². The van der Waals surface area contributed by atoms with Gasteiger partial charge in [0.25, 0.3) is 5.54 Å². The van der Waals surface area contributed by atoms with E-state index in [4.69, 9.17) is 9.47 Å². The molecule has 0 saturated heterocycles. The first-order valence-electron chi connectivity index (χ1n) is 5.58. The molecule has 0 bridgehead atoms. The monoisotopic (exact) mass is 239 g/mol. The molecular weight excluding hydrogens is 222 g/mol. The molecule has 5 nitrogen and oxygen atoms in total. The molecule has 17 heavy (non-hydrogen) atoms. The van der Waals surface area contributed by atoms with Crippen LogP contribution in [0, 0.1) is 0 Å². The quantitative estimate of drug-likeness (QED) is 0.547. The Bertz CT molecular complexity index is 377. The van der Waals surface area contributed by atoms with Crippen LogP contribution in [0.2, 0.25) is 0 Å². The van der Waals surface area contributed by atoms with Gasteiger partial charge in [-0.1, -0.05) is 0 Å². The van der Waals surface area contributed by atoms with E-state index in [0.29, 0.717) is 11.3 Å². The van der Waals surface area contributed by atoms with Crippen molar-refractivity contribution in [3.8, 4) is 0 Å². The van der Waals surface area contributed by atoms with Crippen LogP contribution in [0.15, 0.2) is 16.6 Å². The molecule has 5 heteroatoms. The number of carbonyl (C=O) groups is 2. The number of aliphatic imine (C=N–C) groups is 1. The highest BCUT2D eigenvalue weighted by Crippen LogP contribution is 2.30. The Morgan fingerprint density at radius 1 is 1.18 bits per heavy atom. The number of esters is 2. The maximum Gasteiger partial charge on any atom is 0.350 e. The second kappa shape index (κ2) is 5.12. The fraction of sp³-hybridized carbons (Fsp3) is 0.583. The van der Waals surface area contributed by atoms with E-state index in [2.05, 4.69) is 4.99 Å². The van der Waals surface area contributed by atoms with Gasteiger partial charge in [0.15, 0.2) is 0 Å². The summed E-state index contributed by atoms with van der Waals surface area (Å²) in [5, 5.41) is 0. The van der Waals surface area contributed by atoms with Gasteiger partial charge in [-0.25, -0.2) is 9.59 Å². The third-order valence-electron chi connectivity index (χ3n) is 2.48. The zero-order chi connectivity index (χ0) is 13.1. The number of hydrogen-bond acceptors (Lipinski definition) is 5. The zero-order valence-electron chi connectivity index (χ0n) is 10.6. The number of carbonyl (C=O) groups excluding carboxylic acids is 2. The fourth-order valence-electron chi connectivity index (χ4n) is 1.77. The van der Waals surface area contributed by atoms with Crippen molar-refractivity contribution in [3.05, 3.63) is 11.6 Å². The van der Waals surface area contributed by atoms with Crippen molar-refractivity contribution < 1.29 is 19.1 Å². The molecule has 0 atom stereocenters. The number of allylic oxidation sites excluding steroid dienone is 1. The maximum absolute atomic E-state index is 12.0. The lowest BCUT2D eigenvalue weighted by molar-refractivity contribution is -0.161. The van der Waals surface area contributed by atoms with Gasteiger partial charge in [0, 0.05) is 5.71 Å². The van der Waals surface area contributed by atoms with Gasteiger partial charge in [-0.3, -0.25) is 4.99 Å². The highest BCUT2D eigenvalue weighted by molar-refractivity contribution is 6.15. The van der Waals surface area contributed by atoms with E-state index in [1.54, 1.807) is 33.8 Å². The first-order chi connectivity index (χ1) is 7.98. The van der Waals surface area contributed by atoms with Gasteiger partial charge < -0.3 is 9.47 Å². The second-order valence-electron chi connectivity index (χ2n) is 3.73. The molecule has 94 valence electrons. The van der Waals surface area contributed by atoms with Crippen molar-refractivity contribution in [1.29, 1.82) is 0 Å². The summed E-state index contributed by atoms with van der Waals surface area (Å²) in [5.41, 5.74) is -0.480. The molecule has 1 aliphatic heterocycles. The number of rotatable bonds is 4. The number of hydrogen-bond donors (Lipinski definition) is 0. The third-order valence-corrected chi connectivity index (χ3v) is 2.48. The Labute approximate surface area is 101 Å². The minimum absolute atomic E-state index is 0.196. The predicted molar refractivity (Wildman–Crippen MR) is 62.9 cm³/mol. The Morgan fingerprint density at radius 3 is 1.94 bits per heavy atom. The van der Waals surface area contributed by atoms with Crippen LogP contribution in [0.5, 0.6) is 0 Å². The summed E-state index contributed by atoms with van der Waals surface area (Å²) in [4.78, 5) is 28.1. The Kier molecular flexibility index (Phi) is 4.04. The summed E-state index contributed by atoms with van der Waals surface area (Å²) < 4.78 is 9.86. The van der Waals surface area contributed by atoms with Gasteiger partial charge >= 0.3 is 11.9 Å². The lowest BCUT2D eigenvalue weighted by Gasteiger charge is -2.23. The fourth-order valence-corrected chi connectivity index (χ4v) is 1.77. The topological polar surface area (TPSA) is 65.0 Å². The van der Waals surface area contributed by atoms with Gasteiger partial charge in [-0.2, -0.15) is 0 Å². The van der Waals surface area contributed by atoms with E-state index in [0.717, 1.165) is 0 Å². The van der Waals surface area contributed by atoms with E-state index < -0.39 is 17.5 Å². The molecule has 0 aromatic rings. The molecule has 0 amide bonds. The Balaban J connectivity index is 3.16. The van der Waals surface area contributed by atoms with E-state index in [-0.39, 0.29) is 13.2 Å². The zero-order valence-corrected chi connectivity index (χ0v) is 10.6. The van der Waals surface area contributed by atoms with Crippen molar-refractivity contribution >= 4 is 17.7 Å². The van der Waals surface area contributed by atoms with Gasteiger partial charge in [-0.15, -0.1) is 0 Å². The molecule has 1 heterocycles. The van der Waals surface area contributed by atoms with Crippen molar-refractivity contribution in [1.82, 2.24) is 0 Å². The molecule has 0 radical (unpaired) electrons. The molecule has 0 unspecified atom stereocenters. The highest BCUT2D eigenvalue weighted by atomic mass is 16.6. The Morgan fingerprint density at radius 2 is 1.65 bits per heavy atom. The first kappa shape index (κ1) is 13.4. The van der Waals surface area contributed by atoms with E-state index in [1.165, 1.54) is 0 Å². The predicted octanol–water partition coefficient (Wildman–Crippen LogP) is 1.27. The lowest BCUT2D eigenvalue weighted by Crippen LogP contribution is -2.47. The lowest BCUT2D eigenvalue weighted by atomic mass is 9.93. The average molecular weight is 239 g/mol. The van der Waals surface area contributed by atoms with Gasteiger partial charge in [0.05, 0.1) is 13.2 Å². The highest BCUT2D eigenvalue weighted by Gasteiger charge is 2.52. The summed E-state index contributed by atoms with van der Waals surface area (Å²) >= 11 is 0. The standard InChI is InChI=1S/C12H17NO4/c1-5-16-10(14)12(11(15)17-6-2)8(3)7-9(4)13-12/h7H,5-6H2,1-4H3. The molecule has 0 N–H and O–H groups in total. The van der Waals surface area contributed by atoms with Crippen LogP contribution >= 0.6 is 0 Å².